The first-order valence-electron chi connectivity index (χ1n) is 8.49. The van der Waals surface area contributed by atoms with Crippen LogP contribution in [0, 0.1) is 10.8 Å². The zero-order valence-electron chi connectivity index (χ0n) is 14.5. The van der Waals surface area contributed by atoms with E-state index in [2.05, 4.69) is 24.9 Å². The summed E-state index contributed by atoms with van der Waals surface area (Å²) in [4.78, 5) is 23.8. The number of hydrogen-bond acceptors (Lipinski definition) is 7. The van der Waals surface area contributed by atoms with Crippen molar-refractivity contribution in [2.24, 2.45) is 0 Å². The van der Waals surface area contributed by atoms with E-state index in [1.54, 1.807) is 6.20 Å². The van der Waals surface area contributed by atoms with Crippen molar-refractivity contribution in [3.63, 3.8) is 0 Å². The van der Waals surface area contributed by atoms with Gasteiger partial charge in [-0.05, 0) is 19.3 Å². The highest BCUT2D eigenvalue weighted by molar-refractivity contribution is 6.16. The van der Waals surface area contributed by atoms with Crippen molar-refractivity contribution in [2.75, 3.05) is 22.2 Å². The van der Waals surface area contributed by atoms with Crippen LogP contribution in [-0.4, -0.2) is 47.4 Å². The maximum atomic E-state index is 11.5. The van der Waals surface area contributed by atoms with E-state index in [-0.39, 0.29) is 12.0 Å². The van der Waals surface area contributed by atoms with Gasteiger partial charge in [-0.3, -0.25) is 21.0 Å². The highest BCUT2D eigenvalue weighted by Crippen LogP contribution is 2.39. The van der Waals surface area contributed by atoms with E-state index >= 15 is 0 Å². The first kappa shape index (κ1) is 17.1. The van der Waals surface area contributed by atoms with E-state index in [4.69, 9.17) is 10.8 Å². The Hall–Kier alpha value is -2.71. The second-order valence-electron chi connectivity index (χ2n) is 6.17. The number of methoxy groups -OCH3 is 1. The number of hydrogen-bond donors (Lipinski definition) is 3. The van der Waals surface area contributed by atoms with Crippen LogP contribution in [0.1, 0.15) is 39.0 Å². The number of nitrogens with zero attached hydrogens (tertiary/aromatic N) is 4. The monoisotopic (exact) mass is 345 g/mol. The SMILES string of the molecule is CC[C@@H]1C(=N)N(C=N)c2cnc(NC(=O)OC)nc2N1C1CCCC1. The molecule has 1 aliphatic heterocycles. The van der Waals surface area contributed by atoms with Gasteiger partial charge >= 0.3 is 6.09 Å². The Kier molecular flexibility index (Phi) is 4.82. The molecule has 0 spiro atoms. The van der Waals surface area contributed by atoms with Crippen LogP contribution in [0.3, 0.4) is 0 Å². The van der Waals surface area contributed by atoms with Gasteiger partial charge in [0.15, 0.2) is 5.82 Å². The summed E-state index contributed by atoms with van der Waals surface area (Å²) in [7, 11) is 1.28. The molecule has 0 bridgehead atoms. The maximum absolute atomic E-state index is 11.5. The fourth-order valence-electron chi connectivity index (χ4n) is 3.64. The Morgan fingerprint density at radius 1 is 1.48 bits per heavy atom. The van der Waals surface area contributed by atoms with Gasteiger partial charge < -0.3 is 9.64 Å². The van der Waals surface area contributed by atoms with E-state index < -0.39 is 6.09 Å². The molecule has 9 nitrogen and oxygen atoms in total. The number of nitrogens with one attached hydrogen (secondary N) is 3. The zero-order valence-corrected chi connectivity index (χ0v) is 14.5. The lowest BCUT2D eigenvalue weighted by molar-refractivity contribution is 0.186. The molecule has 1 fully saturated rings. The van der Waals surface area contributed by atoms with Gasteiger partial charge in [0.1, 0.15) is 11.5 Å². The lowest BCUT2D eigenvalue weighted by atomic mass is 10.0. The average Bonchev–Trinajstić information content (AvgIpc) is 3.15. The van der Waals surface area contributed by atoms with Gasteiger partial charge in [-0.15, -0.1) is 0 Å². The number of carbonyl (C=O) groups is 1. The van der Waals surface area contributed by atoms with Gasteiger partial charge in [-0.1, -0.05) is 19.8 Å². The molecule has 0 saturated heterocycles. The third-order valence-electron chi connectivity index (χ3n) is 4.80. The fourth-order valence-corrected chi connectivity index (χ4v) is 3.64. The fraction of sp³-hybridized carbons (Fsp3) is 0.562. The third-order valence-corrected chi connectivity index (χ3v) is 4.80. The molecule has 2 heterocycles. The van der Waals surface area contributed by atoms with E-state index in [0.29, 0.717) is 23.4 Å². The molecule has 3 N–H and O–H groups in total. The highest BCUT2D eigenvalue weighted by Gasteiger charge is 2.40. The van der Waals surface area contributed by atoms with Crippen molar-refractivity contribution in [3.8, 4) is 0 Å². The van der Waals surface area contributed by atoms with E-state index in [1.807, 2.05) is 6.92 Å². The lowest BCUT2D eigenvalue weighted by Gasteiger charge is -2.44. The van der Waals surface area contributed by atoms with Crippen molar-refractivity contribution in [3.05, 3.63) is 6.20 Å². The molecule has 0 aromatic carbocycles. The molecule has 0 unspecified atom stereocenters. The number of amides is 1. The lowest BCUT2D eigenvalue weighted by Crippen LogP contribution is -2.56. The molecule has 1 aromatic heterocycles. The topological polar surface area (TPSA) is 118 Å². The van der Waals surface area contributed by atoms with Crippen LogP contribution in [0.15, 0.2) is 6.20 Å². The number of carbonyl (C=O) groups excluding carboxylic acids is 1. The van der Waals surface area contributed by atoms with Crippen LogP contribution in [0.5, 0.6) is 0 Å². The highest BCUT2D eigenvalue weighted by atomic mass is 16.5. The van der Waals surface area contributed by atoms with Gasteiger partial charge in [0.05, 0.1) is 25.7 Å². The number of anilines is 3. The third kappa shape index (κ3) is 3.01. The molecule has 1 atom stereocenters. The number of ether oxygens (including phenoxy) is 1. The molecule has 134 valence electrons. The minimum atomic E-state index is -0.633. The summed E-state index contributed by atoms with van der Waals surface area (Å²) < 4.78 is 4.60. The number of fused-ring (bicyclic) bond motifs is 1. The smallest absolute Gasteiger partial charge is 0.413 e. The summed E-state index contributed by atoms with van der Waals surface area (Å²) in [5, 5.41) is 18.7. The summed E-state index contributed by atoms with van der Waals surface area (Å²) >= 11 is 0. The predicted molar refractivity (Wildman–Crippen MR) is 95.9 cm³/mol. The summed E-state index contributed by atoms with van der Waals surface area (Å²) in [5.74, 6) is 1.16. The van der Waals surface area contributed by atoms with Crippen LogP contribution < -0.4 is 15.1 Å². The molecule has 2 aliphatic rings. The molecule has 25 heavy (non-hydrogen) atoms. The van der Waals surface area contributed by atoms with Gasteiger partial charge in [0.25, 0.3) is 0 Å². The number of rotatable bonds is 4. The van der Waals surface area contributed by atoms with Crippen molar-refractivity contribution < 1.29 is 9.53 Å². The van der Waals surface area contributed by atoms with E-state index in [9.17, 15) is 4.79 Å². The van der Waals surface area contributed by atoms with Crippen molar-refractivity contribution in [2.45, 2.75) is 51.1 Å². The van der Waals surface area contributed by atoms with Crippen LogP contribution in [0.25, 0.3) is 0 Å². The standard InChI is InChI=1S/C16H23N7O2/c1-3-11-13(18)22(9-17)12-8-19-15(21-16(24)25-2)20-14(12)23(11)10-6-4-5-7-10/h8-11,17-18H,3-7H2,1-2H3,(H,19,20,21,24)/t11-/m1/s1. The van der Waals surface area contributed by atoms with Crippen molar-refractivity contribution in [1.29, 1.82) is 10.8 Å². The summed E-state index contributed by atoms with van der Waals surface area (Å²) in [6.45, 7) is 2.03. The average molecular weight is 345 g/mol. The van der Waals surface area contributed by atoms with E-state index in [1.165, 1.54) is 12.0 Å². The zero-order chi connectivity index (χ0) is 18.0. The minimum Gasteiger partial charge on any atom is -0.453 e. The second kappa shape index (κ2) is 7.04. The van der Waals surface area contributed by atoms with Crippen LogP contribution in [0.4, 0.5) is 22.2 Å². The normalized spacial score (nSPS) is 20.4. The van der Waals surface area contributed by atoms with Crippen LogP contribution in [-0.2, 0) is 4.74 Å². The molecule has 9 heteroatoms. The van der Waals surface area contributed by atoms with Crippen molar-refractivity contribution >= 4 is 35.7 Å². The van der Waals surface area contributed by atoms with Gasteiger partial charge in [0, 0.05) is 6.04 Å². The Bertz CT molecular complexity index is 687. The summed E-state index contributed by atoms with van der Waals surface area (Å²) in [5.41, 5.74) is 0.590. The largest absolute Gasteiger partial charge is 0.453 e. The molecule has 1 aromatic rings. The summed E-state index contributed by atoms with van der Waals surface area (Å²) in [6, 6.07) is 0.149. The molecule has 0 radical (unpaired) electrons. The first-order valence-corrected chi connectivity index (χ1v) is 8.49. The Balaban J connectivity index is 2.07. The Morgan fingerprint density at radius 2 is 2.20 bits per heavy atom. The van der Waals surface area contributed by atoms with Gasteiger partial charge in [0.2, 0.25) is 5.95 Å². The Labute approximate surface area is 146 Å². The molecule has 1 saturated carbocycles. The summed E-state index contributed by atoms with van der Waals surface area (Å²) in [6.07, 6.45) is 7.19. The first-order chi connectivity index (χ1) is 12.1. The van der Waals surface area contributed by atoms with Gasteiger partial charge in [-0.2, -0.15) is 4.98 Å². The van der Waals surface area contributed by atoms with Gasteiger partial charge in [-0.25, -0.2) is 9.78 Å². The molecular weight excluding hydrogens is 322 g/mol. The maximum Gasteiger partial charge on any atom is 0.413 e. The predicted octanol–water partition coefficient (Wildman–Crippen LogP) is 2.59. The minimum absolute atomic E-state index is 0.154. The second-order valence-corrected chi connectivity index (χ2v) is 6.17. The molecule has 1 amide bonds. The molecular formula is C16H23N7O2. The quantitative estimate of drug-likeness (QED) is 0.570. The Morgan fingerprint density at radius 3 is 2.80 bits per heavy atom. The number of amidine groups is 1. The van der Waals surface area contributed by atoms with Crippen LogP contribution >= 0.6 is 0 Å². The van der Waals surface area contributed by atoms with E-state index in [0.717, 1.165) is 38.4 Å². The van der Waals surface area contributed by atoms with Crippen LogP contribution in [0.2, 0.25) is 0 Å². The molecule has 3 rings (SSSR count). The molecule has 1 aliphatic carbocycles. The van der Waals surface area contributed by atoms with Crippen molar-refractivity contribution in [1.82, 2.24) is 9.97 Å². The number of aromatic nitrogens is 2.